The van der Waals surface area contributed by atoms with E-state index in [1.807, 2.05) is 52.4 Å². The molecular formula is C28H33ClN4O3. The van der Waals surface area contributed by atoms with E-state index in [1.54, 1.807) is 6.07 Å². The van der Waals surface area contributed by atoms with Crippen molar-refractivity contribution in [3.63, 3.8) is 0 Å². The van der Waals surface area contributed by atoms with Crippen LogP contribution in [0.25, 0.3) is 0 Å². The van der Waals surface area contributed by atoms with Crippen LogP contribution in [0.15, 0.2) is 59.1 Å². The van der Waals surface area contributed by atoms with Crippen molar-refractivity contribution in [2.75, 3.05) is 37.6 Å². The third-order valence-electron chi connectivity index (χ3n) is 6.95. The molecule has 8 heteroatoms. The number of benzene rings is 1. The van der Waals surface area contributed by atoms with Crippen LogP contribution in [-0.4, -0.2) is 58.9 Å². The van der Waals surface area contributed by atoms with Gasteiger partial charge in [-0.25, -0.2) is 0 Å². The average Bonchev–Trinajstić information content (AvgIpc) is 3.49. The van der Waals surface area contributed by atoms with Gasteiger partial charge in [-0.3, -0.25) is 9.59 Å². The molecule has 1 aliphatic heterocycles. The summed E-state index contributed by atoms with van der Waals surface area (Å²) in [5.74, 6) is 1.50. The van der Waals surface area contributed by atoms with Crippen molar-refractivity contribution in [2.45, 2.75) is 39.3 Å². The molecule has 1 saturated carbocycles. The summed E-state index contributed by atoms with van der Waals surface area (Å²) in [6, 6.07) is 15.5. The molecule has 2 amide bonds. The minimum atomic E-state index is -0.0797. The normalized spacial score (nSPS) is 15.8. The van der Waals surface area contributed by atoms with Crippen LogP contribution in [0.5, 0.6) is 0 Å². The molecular weight excluding hydrogens is 476 g/mol. The van der Waals surface area contributed by atoms with Gasteiger partial charge in [-0.2, -0.15) is 0 Å². The number of halogens is 1. The second-order valence-electron chi connectivity index (χ2n) is 9.69. The molecule has 0 spiro atoms. The number of piperazine rings is 1. The summed E-state index contributed by atoms with van der Waals surface area (Å²) in [4.78, 5) is 31.8. The van der Waals surface area contributed by atoms with Crippen LogP contribution in [0.1, 0.15) is 48.2 Å². The number of amides is 2. The standard InChI is InChI=1S/C28H33ClN4O3/c1-2-12-33(27(34)21-8-9-21)19-24-7-4-13-32(24)20-25-10-11-26(36-25)28(35)31-16-14-30(15-17-31)23-6-3-5-22(29)18-23/h3-7,10-11,13,18,21H,2,8-9,12,14-17,19-20H2,1H3. The first-order chi connectivity index (χ1) is 17.5. The van der Waals surface area contributed by atoms with E-state index in [0.717, 1.165) is 56.0 Å². The highest BCUT2D eigenvalue weighted by Crippen LogP contribution is 2.31. The Morgan fingerprint density at radius 2 is 1.86 bits per heavy atom. The number of aromatic nitrogens is 1. The molecule has 3 heterocycles. The van der Waals surface area contributed by atoms with Gasteiger partial charge in [-0.1, -0.05) is 24.6 Å². The minimum absolute atomic E-state index is 0.0797. The Hall–Kier alpha value is -3.19. The second kappa shape index (κ2) is 10.8. The van der Waals surface area contributed by atoms with E-state index in [2.05, 4.69) is 22.5 Å². The number of carbonyl (C=O) groups excluding carboxylic acids is 2. The maximum Gasteiger partial charge on any atom is 0.289 e. The predicted molar refractivity (Wildman–Crippen MR) is 140 cm³/mol. The molecule has 2 aliphatic rings. The van der Waals surface area contributed by atoms with Crippen molar-refractivity contribution in [2.24, 2.45) is 5.92 Å². The van der Waals surface area contributed by atoms with Crippen LogP contribution in [-0.2, 0) is 17.9 Å². The molecule has 36 heavy (non-hydrogen) atoms. The van der Waals surface area contributed by atoms with Gasteiger partial charge < -0.3 is 23.7 Å². The Morgan fingerprint density at radius 3 is 2.58 bits per heavy atom. The molecule has 0 bridgehead atoms. The van der Waals surface area contributed by atoms with Crippen molar-refractivity contribution >= 4 is 29.1 Å². The lowest BCUT2D eigenvalue weighted by Gasteiger charge is -2.35. The Bertz CT molecular complexity index is 1210. The summed E-state index contributed by atoms with van der Waals surface area (Å²) in [7, 11) is 0. The molecule has 2 fully saturated rings. The summed E-state index contributed by atoms with van der Waals surface area (Å²) >= 11 is 6.13. The number of nitrogens with zero attached hydrogens (tertiary/aromatic N) is 4. The van der Waals surface area contributed by atoms with Gasteiger partial charge in [0.2, 0.25) is 5.91 Å². The number of hydrogen-bond acceptors (Lipinski definition) is 4. The first kappa shape index (κ1) is 24.5. The summed E-state index contributed by atoms with van der Waals surface area (Å²) < 4.78 is 8.08. The van der Waals surface area contributed by atoms with Crippen LogP contribution >= 0.6 is 11.6 Å². The summed E-state index contributed by atoms with van der Waals surface area (Å²) in [5.41, 5.74) is 2.15. The molecule has 3 aromatic rings. The average molecular weight is 509 g/mol. The Kier molecular flexibility index (Phi) is 7.37. The van der Waals surface area contributed by atoms with E-state index < -0.39 is 0 Å². The minimum Gasteiger partial charge on any atom is -0.454 e. The van der Waals surface area contributed by atoms with Gasteiger partial charge in [0.15, 0.2) is 5.76 Å². The molecule has 0 atom stereocenters. The fourth-order valence-electron chi connectivity index (χ4n) is 4.81. The monoisotopic (exact) mass is 508 g/mol. The van der Waals surface area contributed by atoms with E-state index >= 15 is 0 Å². The SMILES string of the molecule is CCCN(Cc1cccn1Cc1ccc(C(=O)N2CCN(c3cccc(Cl)c3)CC2)o1)C(=O)C1CC1. The van der Waals surface area contributed by atoms with Crippen LogP contribution in [0, 0.1) is 5.92 Å². The van der Waals surface area contributed by atoms with Gasteiger partial charge in [0.25, 0.3) is 5.91 Å². The number of rotatable bonds is 9. The molecule has 5 rings (SSSR count). The fraction of sp³-hybridized carbons (Fsp3) is 0.429. The highest BCUT2D eigenvalue weighted by molar-refractivity contribution is 6.30. The molecule has 1 aliphatic carbocycles. The smallest absolute Gasteiger partial charge is 0.289 e. The summed E-state index contributed by atoms with van der Waals surface area (Å²) in [5, 5.41) is 0.715. The van der Waals surface area contributed by atoms with E-state index in [0.29, 0.717) is 37.0 Å². The second-order valence-corrected chi connectivity index (χ2v) is 10.1. The summed E-state index contributed by atoms with van der Waals surface area (Å²) in [6.07, 6.45) is 4.97. The van der Waals surface area contributed by atoms with Gasteiger partial charge >= 0.3 is 0 Å². The molecule has 0 N–H and O–H groups in total. The largest absolute Gasteiger partial charge is 0.454 e. The predicted octanol–water partition coefficient (Wildman–Crippen LogP) is 4.89. The Labute approximate surface area is 217 Å². The van der Waals surface area contributed by atoms with Crippen molar-refractivity contribution < 1.29 is 14.0 Å². The van der Waals surface area contributed by atoms with Crippen LogP contribution in [0.4, 0.5) is 5.69 Å². The Morgan fingerprint density at radius 1 is 1.06 bits per heavy atom. The van der Waals surface area contributed by atoms with Crippen molar-refractivity contribution in [1.29, 1.82) is 0 Å². The van der Waals surface area contributed by atoms with Crippen LogP contribution in [0.3, 0.4) is 0 Å². The first-order valence-electron chi connectivity index (χ1n) is 12.8. The zero-order chi connectivity index (χ0) is 25.1. The zero-order valence-corrected chi connectivity index (χ0v) is 21.5. The van der Waals surface area contributed by atoms with Gasteiger partial charge in [0, 0.05) is 61.2 Å². The topological polar surface area (TPSA) is 61.9 Å². The lowest BCUT2D eigenvalue weighted by molar-refractivity contribution is -0.133. The van der Waals surface area contributed by atoms with E-state index in [4.69, 9.17) is 16.0 Å². The van der Waals surface area contributed by atoms with E-state index in [1.165, 1.54) is 0 Å². The maximum atomic E-state index is 13.1. The lowest BCUT2D eigenvalue weighted by Crippen LogP contribution is -2.48. The van der Waals surface area contributed by atoms with Gasteiger partial charge in [-0.05, 0) is 61.7 Å². The molecule has 0 radical (unpaired) electrons. The van der Waals surface area contributed by atoms with Gasteiger partial charge in [-0.15, -0.1) is 0 Å². The van der Waals surface area contributed by atoms with E-state index in [9.17, 15) is 9.59 Å². The van der Waals surface area contributed by atoms with Crippen molar-refractivity contribution in [3.05, 3.63) is 77.0 Å². The quantitative estimate of drug-likeness (QED) is 0.412. The van der Waals surface area contributed by atoms with Gasteiger partial charge in [0.05, 0.1) is 13.1 Å². The number of furan rings is 1. The third kappa shape index (κ3) is 5.62. The molecule has 190 valence electrons. The van der Waals surface area contributed by atoms with Gasteiger partial charge in [0.1, 0.15) is 5.76 Å². The number of anilines is 1. The van der Waals surface area contributed by atoms with Crippen LogP contribution in [0.2, 0.25) is 5.02 Å². The van der Waals surface area contributed by atoms with Crippen molar-refractivity contribution in [3.8, 4) is 0 Å². The van der Waals surface area contributed by atoms with Crippen LogP contribution < -0.4 is 4.90 Å². The lowest BCUT2D eigenvalue weighted by atomic mass is 10.2. The number of hydrogen-bond donors (Lipinski definition) is 0. The highest BCUT2D eigenvalue weighted by atomic mass is 35.5. The number of carbonyl (C=O) groups is 2. The highest BCUT2D eigenvalue weighted by Gasteiger charge is 2.33. The molecule has 2 aromatic heterocycles. The van der Waals surface area contributed by atoms with Crippen molar-refractivity contribution in [1.82, 2.24) is 14.4 Å². The zero-order valence-electron chi connectivity index (χ0n) is 20.7. The molecule has 7 nitrogen and oxygen atoms in total. The first-order valence-corrected chi connectivity index (χ1v) is 13.2. The molecule has 1 aromatic carbocycles. The maximum absolute atomic E-state index is 13.1. The summed E-state index contributed by atoms with van der Waals surface area (Å²) in [6.45, 7) is 6.75. The molecule has 0 unspecified atom stereocenters. The molecule has 1 saturated heterocycles. The Balaban J connectivity index is 1.19. The fourth-order valence-corrected chi connectivity index (χ4v) is 5.00. The third-order valence-corrected chi connectivity index (χ3v) is 7.18. The van der Waals surface area contributed by atoms with E-state index in [-0.39, 0.29) is 17.7 Å².